The van der Waals surface area contributed by atoms with Gasteiger partial charge in [-0.05, 0) is 18.6 Å². The van der Waals surface area contributed by atoms with Crippen molar-refractivity contribution in [2.75, 3.05) is 0 Å². The van der Waals surface area contributed by atoms with Crippen molar-refractivity contribution in [3.8, 4) is 0 Å². The highest BCUT2D eigenvalue weighted by Crippen LogP contribution is 2.30. The topological polar surface area (TPSA) is 51.8 Å². The summed E-state index contributed by atoms with van der Waals surface area (Å²) in [6.45, 7) is 1.98. The molecule has 0 radical (unpaired) electrons. The number of benzene rings is 1. The largest absolute Gasteiger partial charge is 0.324 e. The Morgan fingerprint density at radius 1 is 1.25 bits per heavy atom. The fraction of sp³-hybridized carbons (Fsp3) is 0.167. The van der Waals surface area contributed by atoms with Crippen molar-refractivity contribution in [1.82, 2.24) is 9.97 Å². The Labute approximate surface area is 99.1 Å². The van der Waals surface area contributed by atoms with E-state index in [4.69, 9.17) is 5.73 Å². The first-order valence-electron chi connectivity index (χ1n) is 5.06. The smallest absolute Gasteiger partial charge is 0.119 e. The van der Waals surface area contributed by atoms with Gasteiger partial charge in [0.1, 0.15) is 5.03 Å². The molecular weight excluding hydrogens is 218 g/mol. The molecular formula is C12H13N3S. The normalized spacial score (nSPS) is 12.4. The lowest BCUT2D eigenvalue weighted by molar-refractivity contribution is 0.797. The second-order valence-electron chi connectivity index (χ2n) is 3.47. The minimum Gasteiger partial charge on any atom is -0.324 e. The van der Waals surface area contributed by atoms with E-state index in [0.29, 0.717) is 0 Å². The Balaban J connectivity index is 2.28. The molecule has 0 amide bonds. The molecule has 0 bridgehead atoms. The predicted molar refractivity (Wildman–Crippen MR) is 65.2 cm³/mol. The molecule has 2 rings (SSSR count). The zero-order chi connectivity index (χ0) is 11.4. The quantitative estimate of drug-likeness (QED) is 0.882. The van der Waals surface area contributed by atoms with Gasteiger partial charge >= 0.3 is 0 Å². The standard InChI is InChI=1S/C12H13N3S/c1-9(13)10-4-2-3-5-11(10)16-12-8-14-6-7-15-12/h2-9H,13H2,1H3/t9-/m0/s1. The molecule has 0 unspecified atom stereocenters. The molecule has 0 spiro atoms. The van der Waals surface area contributed by atoms with Crippen molar-refractivity contribution < 1.29 is 0 Å². The molecule has 1 aromatic heterocycles. The molecule has 0 saturated carbocycles. The Morgan fingerprint density at radius 2 is 2.06 bits per heavy atom. The second-order valence-corrected chi connectivity index (χ2v) is 4.53. The first kappa shape index (κ1) is 11.1. The molecule has 4 heteroatoms. The number of nitrogens with two attached hydrogens (primary N) is 1. The fourth-order valence-electron chi connectivity index (χ4n) is 1.40. The van der Waals surface area contributed by atoms with Crippen molar-refractivity contribution in [3.05, 3.63) is 48.4 Å². The molecule has 82 valence electrons. The van der Waals surface area contributed by atoms with Gasteiger partial charge in [0.2, 0.25) is 0 Å². The third-order valence-electron chi connectivity index (χ3n) is 2.16. The van der Waals surface area contributed by atoms with E-state index in [1.807, 2.05) is 25.1 Å². The maximum Gasteiger partial charge on any atom is 0.119 e. The molecule has 0 aliphatic carbocycles. The van der Waals surface area contributed by atoms with Gasteiger partial charge in [-0.15, -0.1) is 0 Å². The van der Waals surface area contributed by atoms with Gasteiger partial charge in [0, 0.05) is 23.3 Å². The number of aromatic nitrogens is 2. The van der Waals surface area contributed by atoms with Crippen LogP contribution in [-0.4, -0.2) is 9.97 Å². The van der Waals surface area contributed by atoms with Crippen molar-refractivity contribution >= 4 is 11.8 Å². The van der Waals surface area contributed by atoms with E-state index in [1.165, 1.54) is 0 Å². The van der Waals surface area contributed by atoms with E-state index in [2.05, 4.69) is 16.0 Å². The third-order valence-corrected chi connectivity index (χ3v) is 3.18. The highest BCUT2D eigenvalue weighted by atomic mass is 32.2. The Morgan fingerprint density at radius 3 is 2.75 bits per heavy atom. The highest BCUT2D eigenvalue weighted by Gasteiger charge is 2.07. The van der Waals surface area contributed by atoms with Gasteiger partial charge in [-0.2, -0.15) is 0 Å². The maximum absolute atomic E-state index is 5.92. The second kappa shape index (κ2) is 5.09. The van der Waals surface area contributed by atoms with E-state index in [-0.39, 0.29) is 6.04 Å². The number of hydrogen-bond donors (Lipinski definition) is 1. The van der Waals surface area contributed by atoms with Crippen LogP contribution in [0.4, 0.5) is 0 Å². The summed E-state index contributed by atoms with van der Waals surface area (Å²) in [7, 11) is 0. The zero-order valence-corrected chi connectivity index (χ0v) is 9.82. The molecule has 1 aromatic carbocycles. The van der Waals surface area contributed by atoms with Crippen molar-refractivity contribution in [3.63, 3.8) is 0 Å². The van der Waals surface area contributed by atoms with Crippen LogP contribution in [0.1, 0.15) is 18.5 Å². The maximum atomic E-state index is 5.92. The summed E-state index contributed by atoms with van der Waals surface area (Å²) in [4.78, 5) is 9.41. The fourth-order valence-corrected chi connectivity index (χ4v) is 2.37. The molecule has 2 N–H and O–H groups in total. The Kier molecular flexibility index (Phi) is 3.54. The summed E-state index contributed by atoms with van der Waals surface area (Å²) in [5.41, 5.74) is 7.06. The molecule has 16 heavy (non-hydrogen) atoms. The molecule has 0 fully saturated rings. The summed E-state index contributed by atoms with van der Waals surface area (Å²) in [5, 5.41) is 0.885. The van der Waals surface area contributed by atoms with Crippen LogP contribution in [0.2, 0.25) is 0 Å². The number of rotatable bonds is 3. The van der Waals surface area contributed by atoms with Crippen molar-refractivity contribution in [2.24, 2.45) is 5.73 Å². The first-order chi connectivity index (χ1) is 7.77. The van der Waals surface area contributed by atoms with Crippen LogP contribution >= 0.6 is 11.8 Å². The molecule has 0 saturated heterocycles. The van der Waals surface area contributed by atoms with Crippen LogP contribution < -0.4 is 5.73 Å². The van der Waals surface area contributed by atoms with E-state index >= 15 is 0 Å². The molecule has 0 aliphatic rings. The molecule has 3 nitrogen and oxygen atoms in total. The van der Waals surface area contributed by atoms with Gasteiger partial charge in [-0.25, -0.2) is 4.98 Å². The monoisotopic (exact) mass is 231 g/mol. The summed E-state index contributed by atoms with van der Waals surface area (Å²) >= 11 is 1.59. The molecule has 2 aromatic rings. The predicted octanol–water partition coefficient (Wildman–Crippen LogP) is 2.65. The lowest BCUT2D eigenvalue weighted by atomic mass is 10.1. The van der Waals surface area contributed by atoms with Crippen LogP contribution in [0.5, 0.6) is 0 Å². The van der Waals surface area contributed by atoms with Crippen LogP contribution in [-0.2, 0) is 0 Å². The Hall–Kier alpha value is -1.39. The number of nitrogens with zero attached hydrogens (tertiary/aromatic N) is 2. The minimum absolute atomic E-state index is 0.0281. The summed E-state index contributed by atoms with van der Waals surface area (Å²) in [6, 6.07) is 8.13. The average molecular weight is 231 g/mol. The molecule has 1 heterocycles. The van der Waals surface area contributed by atoms with Gasteiger partial charge in [0.15, 0.2) is 0 Å². The minimum atomic E-state index is 0.0281. The zero-order valence-electron chi connectivity index (χ0n) is 9.00. The average Bonchev–Trinajstić information content (AvgIpc) is 2.31. The van der Waals surface area contributed by atoms with Gasteiger partial charge in [0.05, 0.1) is 6.20 Å². The van der Waals surface area contributed by atoms with Crippen molar-refractivity contribution in [2.45, 2.75) is 22.9 Å². The number of hydrogen-bond acceptors (Lipinski definition) is 4. The van der Waals surface area contributed by atoms with Crippen LogP contribution in [0.15, 0.2) is 52.8 Å². The van der Waals surface area contributed by atoms with Gasteiger partial charge < -0.3 is 5.73 Å². The lowest BCUT2D eigenvalue weighted by Gasteiger charge is -2.11. The first-order valence-corrected chi connectivity index (χ1v) is 5.87. The SMILES string of the molecule is C[C@H](N)c1ccccc1Sc1cnccn1. The van der Waals surface area contributed by atoms with Gasteiger partial charge in [-0.3, -0.25) is 4.98 Å². The highest BCUT2D eigenvalue weighted by molar-refractivity contribution is 7.99. The summed E-state index contributed by atoms with van der Waals surface area (Å²) < 4.78 is 0. The molecule has 0 aliphatic heterocycles. The third kappa shape index (κ3) is 2.59. The Bertz CT molecular complexity index is 457. The van der Waals surface area contributed by atoms with E-state index < -0.39 is 0 Å². The van der Waals surface area contributed by atoms with E-state index in [9.17, 15) is 0 Å². The van der Waals surface area contributed by atoms with Crippen molar-refractivity contribution in [1.29, 1.82) is 0 Å². The van der Waals surface area contributed by atoms with Gasteiger partial charge in [0.25, 0.3) is 0 Å². The summed E-state index contributed by atoms with van der Waals surface area (Å²) in [6.07, 6.45) is 5.11. The van der Waals surface area contributed by atoms with Gasteiger partial charge in [-0.1, -0.05) is 30.0 Å². The lowest BCUT2D eigenvalue weighted by Crippen LogP contribution is -2.06. The molecule has 1 atom stereocenters. The summed E-state index contributed by atoms with van der Waals surface area (Å²) in [5.74, 6) is 0. The van der Waals surface area contributed by atoms with Crippen LogP contribution in [0.3, 0.4) is 0 Å². The van der Waals surface area contributed by atoms with E-state index in [1.54, 1.807) is 30.4 Å². The van der Waals surface area contributed by atoms with E-state index in [0.717, 1.165) is 15.5 Å². The van der Waals surface area contributed by atoms with Crippen LogP contribution in [0.25, 0.3) is 0 Å². The van der Waals surface area contributed by atoms with Crippen LogP contribution in [0, 0.1) is 0 Å².